The highest BCUT2D eigenvalue weighted by atomic mass is 31.2. The number of fused-ring (bicyclic) bond motifs is 1. The van der Waals surface area contributed by atoms with E-state index in [-0.39, 0.29) is 24.1 Å². The van der Waals surface area contributed by atoms with Crippen LogP contribution in [0.3, 0.4) is 0 Å². The van der Waals surface area contributed by atoms with Crippen LogP contribution >= 0.6 is 7.60 Å². The number of anilines is 1. The Morgan fingerprint density at radius 2 is 1.87 bits per heavy atom. The van der Waals surface area contributed by atoms with Crippen LogP contribution in [0, 0.1) is 13.8 Å². The number of hydrogen-bond donors (Lipinski definition) is 4. The van der Waals surface area contributed by atoms with Gasteiger partial charge in [-0.15, -0.1) is 0 Å². The minimum Gasteiger partial charge on any atom is -0.481 e. The van der Waals surface area contributed by atoms with Crippen molar-refractivity contribution in [3.63, 3.8) is 0 Å². The van der Waals surface area contributed by atoms with Crippen molar-refractivity contribution >= 4 is 30.2 Å². The minimum atomic E-state index is -4.36. The second-order valence-corrected chi connectivity index (χ2v) is 7.27. The summed E-state index contributed by atoms with van der Waals surface area (Å²) in [6.07, 6.45) is -0.668. The highest BCUT2D eigenvalue weighted by molar-refractivity contribution is 7.50. The molecule has 23 heavy (non-hydrogen) atoms. The van der Waals surface area contributed by atoms with Gasteiger partial charge in [0.25, 0.3) is 0 Å². The third kappa shape index (κ3) is 4.07. The number of aryl methyl sites for hydroxylation is 3. The smallest absolute Gasteiger partial charge is 0.330 e. The number of pyridine rings is 1. The molecular weight excluding hydrogens is 319 g/mol. The average Bonchev–Trinajstić information content (AvgIpc) is 2.41. The molecule has 0 bridgehead atoms. The quantitative estimate of drug-likeness (QED) is 0.614. The maximum absolute atomic E-state index is 11.4. The summed E-state index contributed by atoms with van der Waals surface area (Å²) in [5, 5.41) is 9.47. The maximum atomic E-state index is 11.4. The van der Waals surface area contributed by atoms with Crippen molar-refractivity contribution in [2.75, 3.05) is 5.73 Å². The van der Waals surface area contributed by atoms with Gasteiger partial charge in [-0.3, -0.25) is 14.3 Å². The Kier molecular flexibility index (Phi) is 4.75. The first-order valence-corrected chi connectivity index (χ1v) is 8.83. The molecule has 0 atom stereocenters. The predicted molar refractivity (Wildman–Crippen MR) is 87.3 cm³/mol. The Labute approximate surface area is 133 Å². The number of rotatable bonds is 5. The highest BCUT2D eigenvalue weighted by Gasteiger charge is 2.22. The first kappa shape index (κ1) is 17.4. The normalized spacial score (nSPS) is 11.8. The molecule has 0 amide bonds. The van der Waals surface area contributed by atoms with Gasteiger partial charge in [0.05, 0.1) is 18.1 Å². The van der Waals surface area contributed by atoms with E-state index in [0.29, 0.717) is 16.6 Å². The third-order valence-electron chi connectivity index (χ3n) is 3.77. The molecule has 0 aliphatic rings. The van der Waals surface area contributed by atoms with Crippen molar-refractivity contribution in [1.82, 2.24) is 4.98 Å². The molecule has 2 aromatic rings. The van der Waals surface area contributed by atoms with Crippen molar-refractivity contribution in [3.05, 3.63) is 34.5 Å². The van der Waals surface area contributed by atoms with Gasteiger partial charge in [-0.25, -0.2) is 0 Å². The van der Waals surface area contributed by atoms with E-state index in [4.69, 9.17) is 10.8 Å². The number of nitrogens with zero attached hydrogens (tertiary/aromatic N) is 1. The predicted octanol–water partition coefficient (Wildman–Crippen LogP) is 2.13. The van der Waals surface area contributed by atoms with E-state index in [1.165, 1.54) is 0 Å². The Hall–Kier alpha value is -1.95. The fourth-order valence-electron chi connectivity index (χ4n) is 2.45. The number of carbonyl (C=O) groups is 1. The number of carboxylic acid groups (broad SMARTS) is 1. The van der Waals surface area contributed by atoms with Crippen LogP contribution in [-0.2, 0) is 21.9 Å². The number of benzene rings is 1. The number of aromatic nitrogens is 1. The molecule has 124 valence electrons. The van der Waals surface area contributed by atoms with Crippen LogP contribution in [-0.4, -0.2) is 25.8 Å². The zero-order valence-electron chi connectivity index (χ0n) is 12.9. The van der Waals surface area contributed by atoms with Crippen LogP contribution in [0.2, 0.25) is 0 Å². The summed E-state index contributed by atoms with van der Waals surface area (Å²) in [4.78, 5) is 33.8. The molecule has 0 spiro atoms. The molecule has 7 nitrogen and oxygen atoms in total. The van der Waals surface area contributed by atoms with Crippen LogP contribution < -0.4 is 5.73 Å². The van der Waals surface area contributed by atoms with Gasteiger partial charge < -0.3 is 20.6 Å². The van der Waals surface area contributed by atoms with Crippen molar-refractivity contribution in [3.8, 4) is 0 Å². The van der Waals surface area contributed by atoms with E-state index in [9.17, 15) is 19.1 Å². The van der Waals surface area contributed by atoms with Gasteiger partial charge in [-0.1, -0.05) is 0 Å². The van der Waals surface area contributed by atoms with E-state index in [1.54, 1.807) is 0 Å². The molecule has 5 N–H and O–H groups in total. The molecule has 1 heterocycles. The lowest BCUT2D eigenvalue weighted by Gasteiger charge is -2.16. The molecule has 0 aliphatic carbocycles. The molecule has 2 rings (SSSR count). The van der Waals surface area contributed by atoms with Crippen LogP contribution in [0.4, 0.5) is 5.69 Å². The number of hydrogen-bond acceptors (Lipinski definition) is 4. The summed E-state index contributed by atoms with van der Waals surface area (Å²) in [7, 11) is -4.36. The Bertz CT molecular complexity index is 828. The molecule has 0 radical (unpaired) electrons. The Balaban J connectivity index is 2.68. The lowest BCUT2D eigenvalue weighted by molar-refractivity contribution is -0.136. The van der Waals surface area contributed by atoms with Crippen LogP contribution in [0.15, 0.2) is 12.1 Å². The van der Waals surface area contributed by atoms with Gasteiger partial charge in [0.2, 0.25) is 0 Å². The Morgan fingerprint density at radius 1 is 1.26 bits per heavy atom. The monoisotopic (exact) mass is 338 g/mol. The van der Waals surface area contributed by atoms with Gasteiger partial charge >= 0.3 is 13.6 Å². The van der Waals surface area contributed by atoms with E-state index in [1.807, 2.05) is 26.0 Å². The molecule has 0 unspecified atom stereocenters. The van der Waals surface area contributed by atoms with E-state index < -0.39 is 19.7 Å². The number of nitrogen functional groups attached to an aromatic ring is 1. The van der Waals surface area contributed by atoms with E-state index >= 15 is 0 Å². The van der Waals surface area contributed by atoms with Crippen molar-refractivity contribution in [2.24, 2.45) is 0 Å². The van der Waals surface area contributed by atoms with Gasteiger partial charge in [0.15, 0.2) is 0 Å². The van der Waals surface area contributed by atoms with E-state index in [2.05, 4.69) is 4.98 Å². The van der Waals surface area contributed by atoms with E-state index in [0.717, 1.165) is 11.1 Å². The van der Waals surface area contributed by atoms with Gasteiger partial charge in [0, 0.05) is 28.8 Å². The number of carboxylic acids is 1. The summed E-state index contributed by atoms with van der Waals surface area (Å²) in [5.74, 6) is -1.01. The lowest BCUT2D eigenvalue weighted by atomic mass is 10.0. The first-order valence-electron chi connectivity index (χ1n) is 7.03. The number of aliphatic carboxylic acids is 1. The topological polar surface area (TPSA) is 134 Å². The summed E-state index contributed by atoms with van der Waals surface area (Å²) < 4.78 is 11.4. The van der Waals surface area contributed by atoms with Gasteiger partial charge in [-0.2, -0.15) is 0 Å². The van der Waals surface area contributed by atoms with Crippen molar-refractivity contribution < 1.29 is 24.3 Å². The zero-order chi connectivity index (χ0) is 17.4. The molecule has 0 saturated heterocycles. The molecule has 1 aromatic carbocycles. The highest BCUT2D eigenvalue weighted by Crippen LogP contribution is 2.43. The fourth-order valence-corrected chi connectivity index (χ4v) is 3.22. The fraction of sp³-hybridized carbons (Fsp3) is 0.333. The summed E-state index contributed by atoms with van der Waals surface area (Å²) in [6, 6.07) is 3.67. The summed E-state index contributed by atoms with van der Waals surface area (Å²) in [5.41, 5.74) is 9.53. The van der Waals surface area contributed by atoms with Crippen molar-refractivity contribution in [2.45, 2.75) is 32.9 Å². The van der Waals surface area contributed by atoms with Gasteiger partial charge in [0.1, 0.15) is 0 Å². The van der Waals surface area contributed by atoms with Crippen LogP contribution in [0.25, 0.3) is 10.9 Å². The second kappa shape index (κ2) is 6.28. The minimum absolute atomic E-state index is 0.0672. The van der Waals surface area contributed by atoms with Crippen molar-refractivity contribution in [1.29, 1.82) is 0 Å². The largest absolute Gasteiger partial charge is 0.481 e. The first-order chi connectivity index (χ1) is 10.6. The lowest BCUT2D eigenvalue weighted by Crippen LogP contribution is -2.08. The SMILES string of the molecule is Cc1cc2nc(CCC(=O)O)c(CP(=O)(O)O)c(N)c2cc1C. The summed E-state index contributed by atoms with van der Waals surface area (Å²) in [6.45, 7) is 3.84. The summed E-state index contributed by atoms with van der Waals surface area (Å²) >= 11 is 0. The molecule has 0 fully saturated rings. The van der Waals surface area contributed by atoms with Crippen LogP contribution in [0.1, 0.15) is 28.8 Å². The molecule has 0 aliphatic heterocycles. The van der Waals surface area contributed by atoms with Crippen LogP contribution in [0.5, 0.6) is 0 Å². The molecule has 8 heteroatoms. The van der Waals surface area contributed by atoms with Gasteiger partial charge in [-0.05, 0) is 37.1 Å². The standard InChI is InChI=1S/C15H19N2O5P/c1-8-5-10-13(6-9(8)2)17-12(3-4-14(18)19)11(15(10)16)7-23(20,21)22/h5-6H,3-4,7H2,1-2H3,(H2,16,17)(H,18,19)(H2,20,21,22). The second-order valence-electron chi connectivity index (χ2n) is 5.62. The average molecular weight is 338 g/mol. The molecular formula is C15H19N2O5P. The zero-order valence-corrected chi connectivity index (χ0v) is 13.8. The Morgan fingerprint density at radius 3 is 2.43 bits per heavy atom. The molecule has 0 saturated carbocycles. The molecule has 1 aromatic heterocycles. The number of nitrogens with two attached hydrogens (primary N) is 1. The third-order valence-corrected chi connectivity index (χ3v) is 4.50. The maximum Gasteiger partial charge on any atom is 0.330 e.